The number of nitrogens with one attached hydrogen (secondary N) is 3. The molecule has 0 aromatic heterocycles. The Kier molecular flexibility index (Phi) is 8.85. The van der Waals surface area contributed by atoms with Crippen molar-refractivity contribution in [1.29, 1.82) is 0 Å². The number of carbonyl (C=O) groups is 1. The Morgan fingerprint density at radius 1 is 1.05 bits per heavy atom. The van der Waals surface area contributed by atoms with Crippen molar-refractivity contribution in [1.82, 2.24) is 20.3 Å². The molecule has 232 valence electrons. The molecule has 0 aromatic rings. The number of carbonyl (C=O) groups excluding carboxylic acids is 1. The molecule has 0 aromatic carbocycles. The van der Waals surface area contributed by atoms with E-state index in [1.165, 1.54) is 19.3 Å². The number of alkyl halides is 1. The summed E-state index contributed by atoms with van der Waals surface area (Å²) in [4.78, 5) is 14.6. The Labute approximate surface area is 245 Å². The molecular formula is C30H51FN6O3S. The highest BCUT2D eigenvalue weighted by atomic mass is 32.2. The third-order valence-electron chi connectivity index (χ3n) is 11.4. The number of allylic oxidation sites excluding steroid dienone is 2. The summed E-state index contributed by atoms with van der Waals surface area (Å²) in [5.74, 6) is 1.50. The number of piperidine rings is 2. The standard InChI is InChI=1S/C30H51FN6O3S/c31-22-2-1-9-30(10-5-20-14-21(20)15-30)16-25(35-17-22)27(28(32)33)29(38)36-26-18-34-11-6-24(26)19-7-12-37(13-8-19)41(39,40)23-3-4-23/h3,19-22,24-28,34-35H,1-2,4-18,32-33H2,(H,36,38). The zero-order valence-corrected chi connectivity index (χ0v) is 25.2. The number of nitrogens with two attached hydrogens (primary N) is 2. The van der Waals surface area contributed by atoms with Crippen LogP contribution >= 0.6 is 0 Å². The highest BCUT2D eigenvalue weighted by molar-refractivity contribution is 7.93. The number of hydrogen-bond donors (Lipinski definition) is 5. The molecule has 0 bridgehead atoms. The predicted molar refractivity (Wildman–Crippen MR) is 158 cm³/mol. The van der Waals surface area contributed by atoms with Crippen molar-refractivity contribution >= 4 is 15.9 Å². The highest BCUT2D eigenvalue weighted by Crippen LogP contribution is 2.59. The van der Waals surface area contributed by atoms with E-state index in [1.54, 1.807) is 10.4 Å². The van der Waals surface area contributed by atoms with Gasteiger partial charge in [0.1, 0.15) is 6.17 Å². The first-order chi connectivity index (χ1) is 19.6. The van der Waals surface area contributed by atoms with E-state index in [4.69, 9.17) is 11.5 Å². The maximum Gasteiger partial charge on any atom is 0.239 e. The van der Waals surface area contributed by atoms with Crippen molar-refractivity contribution in [2.75, 3.05) is 32.7 Å². The number of halogens is 1. The molecule has 11 heteroatoms. The molecule has 6 aliphatic rings. The minimum Gasteiger partial charge on any atom is -0.351 e. The van der Waals surface area contributed by atoms with Gasteiger partial charge in [0.15, 0.2) is 0 Å². The minimum absolute atomic E-state index is 0.0714. The maximum absolute atomic E-state index is 14.8. The lowest BCUT2D eigenvalue weighted by Gasteiger charge is -2.44. The van der Waals surface area contributed by atoms with Gasteiger partial charge in [-0.2, -0.15) is 4.31 Å². The SMILES string of the molecule is NC(N)C(C(=O)NC1CNCCC1C1CCN(S(=O)(=O)C2=CC2)CC1)C1CC2(CCCC(F)CN1)CCC1CC1C2. The molecule has 1 spiro atoms. The first-order valence-corrected chi connectivity index (χ1v) is 17.7. The smallest absolute Gasteiger partial charge is 0.239 e. The Hall–Kier alpha value is -1.11. The van der Waals surface area contributed by atoms with Crippen LogP contribution in [0.5, 0.6) is 0 Å². The molecule has 7 N–H and O–H groups in total. The Morgan fingerprint density at radius 2 is 1.83 bits per heavy atom. The van der Waals surface area contributed by atoms with Gasteiger partial charge in [0.2, 0.25) is 15.9 Å². The van der Waals surface area contributed by atoms with Crippen LogP contribution in [0.25, 0.3) is 0 Å². The number of sulfonamides is 1. The number of amides is 1. The molecule has 1 amide bonds. The van der Waals surface area contributed by atoms with E-state index in [1.807, 2.05) is 0 Å². The summed E-state index contributed by atoms with van der Waals surface area (Å²) >= 11 is 0. The molecule has 8 atom stereocenters. The monoisotopic (exact) mass is 594 g/mol. The first kappa shape index (κ1) is 29.9. The van der Waals surface area contributed by atoms with Crippen LogP contribution in [-0.2, 0) is 14.8 Å². The van der Waals surface area contributed by atoms with Crippen molar-refractivity contribution in [2.24, 2.45) is 46.5 Å². The summed E-state index contributed by atoms with van der Waals surface area (Å²) in [6.07, 6.45) is 11.3. The number of rotatable bonds is 7. The molecule has 3 heterocycles. The van der Waals surface area contributed by atoms with Gasteiger partial charge in [-0.3, -0.25) is 4.79 Å². The van der Waals surface area contributed by atoms with Crippen LogP contribution in [-0.4, -0.2) is 75.8 Å². The van der Waals surface area contributed by atoms with Gasteiger partial charge in [-0.05, 0) is 106 Å². The van der Waals surface area contributed by atoms with Crippen LogP contribution in [0.15, 0.2) is 11.0 Å². The molecule has 2 saturated carbocycles. The van der Waals surface area contributed by atoms with Gasteiger partial charge in [0, 0.05) is 44.7 Å². The Morgan fingerprint density at radius 3 is 2.54 bits per heavy atom. The summed E-state index contributed by atoms with van der Waals surface area (Å²) in [6.45, 7) is 2.85. The zero-order chi connectivity index (χ0) is 28.8. The second-order valence-corrected chi connectivity index (χ2v) is 16.2. The number of nitrogens with zero attached hydrogens (tertiary/aromatic N) is 1. The van der Waals surface area contributed by atoms with Crippen molar-refractivity contribution in [3.8, 4) is 0 Å². The van der Waals surface area contributed by atoms with Gasteiger partial charge in [-0.1, -0.05) is 6.08 Å². The number of fused-ring (bicyclic) bond motifs is 1. The van der Waals surface area contributed by atoms with Gasteiger partial charge in [-0.15, -0.1) is 0 Å². The minimum atomic E-state index is -3.28. The van der Waals surface area contributed by atoms with Crippen LogP contribution in [0.1, 0.15) is 77.0 Å². The first-order valence-electron chi connectivity index (χ1n) is 16.2. The summed E-state index contributed by atoms with van der Waals surface area (Å²) in [5, 5.41) is 10.2. The Bertz CT molecular complexity index is 1100. The van der Waals surface area contributed by atoms with Gasteiger partial charge in [0.25, 0.3) is 0 Å². The number of hydrogen-bond acceptors (Lipinski definition) is 7. The molecular weight excluding hydrogens is 543 g/mol. The normalized spacial score (nSPS) is 39.7. The van der Waals surface area contributed by atoms with Gasteiger partial charge >= 0.3 is 0 Å². The van der Waals surface area contributed by atoms with Gasteiger partial charge in [-0.25, -0.2) is 12.8 Å². The Balaban J connectivity index is 1.13. The van der Waals surface area contributed by atoms with Crippen LogP contribution < -0.4 is 27.4 Å². The third-order valence-corrected chi connectivity index (χ3v) is 13.5. The average Bonchev–Trinajstić information content (AvgIpc) is 3.86. The highest BCUT2D eigenvalue weighted by Gasteiger charge is 2.51. The molecule has 3 aliphatic carbocycles. The fourth-order valence-corrected chi connectivity index (χ4v) is 10.4. The van der Waals surface area contributed by atoms with Crippen LogP contribution in [0.2, 0.25) is 0 Å². The van der Waals surface area contributed by atoms with Gasteiger partial charge in [0.05, 0.1) is 17.0 Å². The second kappa shape index (κ2) is 12.1. The van der Waals surface area contributed by atoms with E-state index >= 15 is 0 Å². The molecule has 8 unspecified atom stereocenters. The van der Waals surface area contributed by atoms with Crippen molar-refractivity contribution in [3.05, 3.63) is 11.0 Å². The second-order valence-electron chi connectivity index (χ2n) is 14.2. The third kappa shape index (κ3) is 6.70. The quantitative estimate of drug-likeness (QED) is 0.284. The van der Waals surface area contributed by atoms with E-state index in [2.05, 4.69) is 16.0 Å². The summed E-state index contributed by atoms with van der Waals surface area (Å²) < 4.78 is 41.8. The van der Waals surface area contributed by atoms with E-state index in [0.717, 1.165) is 63.3 Å². The average molecular weight is 595 g/mol. The predicted octanol–water partition coefficient (Wildman–Crippen LogP) is 1.95. The zero-order valence-electron chi connectivity index (χ0n) is 24.4. The maximum atomic E-state index is 14.8. The summed E-state index contributed by atoms with van der Waals surface area (Å²) in [7, 11) is -3.28. The molecule has 0 radical (unpaired) electrons. The van der Waals surface area contributed by atoms with Crippen LogP contribution in [0, 0.1) is 35.0 Å². The van der Waals surface area contributed by atoms with E-state index in [0.29, 0.717) is 43.3 Å². The fourth-order valence-electron chi connectivity index (χ4n) is 8.92. The molecule has 5 fully saturated rings. The molecule has 3 saturated heterocycles. The molecule has 41 heavy (non-hydrogen) atoms. The summed E-state index contributed by atoms with van der Waals surface area (Å²) in [6, 6.07) is -0.334. The molecule has 3 aliphatic heterocycles. The summed E-state index contributed by atoms with van der Waals surface area (Å²) in [5.41, 5.74) is 12.8. The van der Waals surface area contributed by atoms with Crippen molar-refractivity contribution in [2.45, 2.75) is 101 Å². The van der Waals surface area contributed by atoms with Crippen molar-refractivity contribution in [3.63, 3.8) is 0 Å². The lowest BCUT2D eigenvalue weighted by molar-refractivity contribution is -0.128. The van der Waals surface area contributed by atoms with Crippen LogP contribution in [0.3, 0.4) is 0 Å². The lowest BCUT2D eigenvalue weighted by atomic mass is 9.66. The largest absolute Gasteiger partial charge is 0.351 e. The van der Waals surface area contributed by atoms with E-state index in [9.17, 15) is 17.6 Å². The molecule has 6 rings (SSSR count). The molecule has 9 nitrogen and oxygen atoms in total. The fraction of sp³-hybridized carbons (Fsp3) is 0.900. The van der Waals surface area contributed by atoms with Crippen LogP contribution in [0.4, 0.5) is 4.39 Å². The van der Waals surface area contributed by atoms with Gasteiger partial charge < -0.3 is 27.4 Å². The topological polar surface area (TPSA) is 143 Å². The van der Waals surface area contributed by atoms with E-state index in [-0.39, 0.29) is 35.9 Å². The van der Waals surface area contributed by atoms with E-state index < -0.39 is 28.3 Å². The van der Waals surface area contributed by atoms with Crippen molar-refractivity contribution < 1.29 is 17.6 Å². The lowest BCUT2D eigenvalue weighted by Crippen LogP contribution is -2.61.